The number of rotatable bonds is 6. The number of amidine groups is 1. The van der Waals surface area contributed by atoms with Crippen molar-refractivity contribution in [3.8, 4) is 0 Å². The fourth-order valence-electron chi connectivity index (χ4n) is 1.75. The van der Waals surface area contributed by atoms with Crippen LogP contribution in [0.15, 0.2) is 29.4 Å². The quantitative estimate of drug-likeness (QED) is 0.315. The van der Waals surface area contributed by atoms with Crippen molar-refractivity contribution in [3.05, 3.63) is 24.3 Å². The number of anilines is 2. The predicted molar refractivity (Wildman–Crippen MR) is 76.7 cm³/mol. The van der Waals surface area contributed by atoms with Crippen molar-refractivity contribution in [1.29, 1.82) is 0 Å². The lowest BCUT2D eigenvalue weighted by Crippen LogP contribution is -2.22. The molecule has 0 aliphatic rings. The lowest BCUT2D eigenvalue weighted by molar-refractivity contribution is -0.115. The number of benzene rings is 1. The normalized spacial score (nSPS) is 11.2. The zero-order valence-corrected chi connectivity index (χ0v) is 11.3. The highest BCUT2D eigenvalue weighted by Gasteiger charge is 2.06. The molecule has 0 saturated heterocycles. The summed E-state index contributed by atoms with van der Waals surface area (Å²) in [5, 5.41) is 13.8. The molecule has 6 heteroatoms. The minimum Gasteiger partial charge on any atom is -0.409 e. The van der Waals surface area contributed by atoms with Gasteiger partial charge in [-0.25, -0.2) is 0 Å². The minimum atomic E-state index is -0.314. The first-order valence-corrected chi connectivity index (χ1v) is 6.22. The molecule has 6 nitrogen and oxygen atoms in total. The van der Waals surface area contributed by atoms with Gasteiger partial charge in [0.1, 0.15) is 5.84 Å². The number of nitrogens with one attached hydrogen (secondary N) is 1. The van der Waals surface area contributed by atoms with E-state index >= 15 is 0 Å². The number of nitrogens with two attached hydrogens (primary N) is 1. The lowest BCUT2D eigenvalue weighted by atomic mass is 10.2. The summed E-state index contributed by atoms with van der Waals surface area (Å²) in [4.78, 5) is 13.7. The van der Waals surface area contributed by atoms with Gasteiger partial charge in [0.25, 0.3) is 0 Å². The second-order valence-corrected chi connectivity index (χ2v) is 4.04. The maximum Gasteiger partial charge on any atom is 0.232 e. The molecule has 0 fully saturated rings. The first kappa shape index (κ1) is 14.8. The molecule has 1 aromatic carbocycles. The molecular formula is C13H20N4O2. The van der Waals surface area contributed by atoms with Crippen LogP contribution in [-0.2, 0) is 4.79 Å². The van der Waals surface area contributed by atoms with Gasteiger partial charge < -0.3 is 21.2 Å². The number of carbonyl (C=O) groups excluding carboxylic acids is 1. The molecule has 0 aliphatic heterocycles. The van der Waals surface area contributed by atoms with Crippen LogP contribution in [0.2, 0.25) is 0 Å². The fraction of sp³-hybridized carbons (Fsp3) is 0.385. The van der Waals surface area contributed by atoms with Crippen LogP contribution >= 0.6 is 0 Å². The molecule has 0 aliphatic carbocycles. The van der Waals surface area contributed by atoms with E-state index < -0.39 is 0 Å². The third-order valence-corrected chi connectivity index (χ3v) is 2.75. The predicted octanol–water partition coefficient (Wildman–Crippen LogP) is 1.61. The van der Waals surface area contributed by atoms with Crippen LogP contribution < -0.4 is 16.0 Å². The van der Waals surface area contributed by atoms with Crippen LogP contribution in [0, 0.1) is 0 Å². The van der Waals surface area contributed by atoms with Crippen LogP contribution in [-0.4, -0.2) is 30.0 Å². The Bertz CT molecular complexity index is 438. The number of nitrogens with zero attached hydrogens (tertiary/aromatic N) is 2. The maximum absolute atomic E-state index is 11.5. The summed E-state index contributed by atoms with van der Waals surface area (Å²) >= 11 is 0. The van der Waals surface area contributed by atoms with E-state index in [0.29, 0.717) is 5.69 Å². The highest BCUT2D eigenvalue weighted by molar-refractivity contribution is 6.04. The van der Waals surface area contributed by atoms with Gasteiger partial charge in [-0.3, -0.25) is 4.79 Å². The number of amides is 1. The number of carbonyl (C=O) groups is 1. The SMILES string of the molecule is CCN(CC)c1ccc(NC(=O)CC(N)=NO)cc1. The summed E-state index contributed by atoms with van der Waals surface area (Å²) in [6.45, 7) is 6.06. The standard InChI is InChI=1S/C13H20N4O2/c1-3-17(4-2)11-7-5-10(6-8-11)15-13(18)9-12(14)16-19/h5-8,19H,3-4,9H2,1-2H3,(H2,14,16)(H,15,18). The summed E-state index contributed by atoms with van der Waals surface area (Å²) in [5.41, 5.74) is 7.06. The molecule has 0 spiro atoms. The Morgan fingerprint density at radius 1 is 1.32 bits per heavy atom. The largest absolute Gasteiger partial charge is 0.409 e. The molecule has 0 heterocycles. The molecule has 0 atom stereocenters. The fourth-order valence-corrected chi connectivity index (χ4v) is 1.75. The topological polar surface area (TPSA) is 91.0 Å². The Morgan fingerprint density at radius 3 is 2.37 bits per heavy atom. The highest BCUT2D eigenvalue weighted by Crippen LogP contribution is 2.17. The van der Waals surface area contributed by atoms with Gasteiger partial charge in [0.15, 0.2) is 0 Å². The molecule has 0 saturated carbocycles. The van der Waals surface area contributed by atoms with Crippen LogP contribution in [0.1, 0.15) is 20.3 Å². The second kappa shape index (κ2) is 7.25. The average molecular weight is 264 g/mol. The molecule has 1 rings (SSSR count). The van der Waals surface area contributed by atoms with E-state index in [9.17, 15) is 4.79 Å². The molecule has 104 valence electrons. The van der Waals surface area contributed by atoms with E-state index in [1.165, 1.54) is 0 Å². The zero-order chi connectivity index (χ0) is 14.3. The first-order valence-electron chi connectivity index (χ1n) is 6.22. The Balaban J connectivity index is 2.64. The minimum absolute atomic E-state index is 0.114. The molecule has 19 heavy (non-hydrogen) atoms. The van der Waals surface area contributed by atoms with Crippen LogP contribution in [0.3, 0.4) is 0 Å². The molecule has 0 radical (unpaired) electrons. The maximum atomic E-state index is 11.5. The Hall–Kier alpha value is -2.24. The Morgan fingerprint density at radius 2 is 1.89 bits per heavy atom. The van der Waals surface area contributed by atoms with E-state index in [2.05, 4.69) is 29.2 Å². The van der Waals surface area contributed by atoms with Crippen molar-refractivity contribution in [1.82, 2.24) is 0 Å². The van der Waals surface area contributed by atoms with Crippen molar-refractivity contribution in [2.24, 2.45) is 10.9 Å². The van der Waals surface area contributed by atoms with Gasteiger partial charge >= 0.3 is 0 Å². The highest BCUT2D eigenvalue weighted by atomic mass is 16.4. The van der Waals surface area contributed by atoms with Crippen molar-refractivity contribution in [3.63, 3.8) is 0 Å². The molecule has 0 unspecified atom stereocenters. The van der Waals surface area contributed by atoms with E-state index in [1.807, 2.05) is 24.3 Å². The number of oxime groups is 1. The third kappa shape index (κ3) is 4.50. The van der Waals surface area contributed by atoms with E-state index in [-0.39, 0.29) is 18.2 Å². The first-order chi connectivity index (χ1) is 9.10. The molecular weight excluding hydrogens is 244 g/mol. The zero-order valence-electron chi connectivity index (χ0n) is 11.3. The smallest absolute Gasteiger partial charge is 0.232 e. The van der Waals surface area contributed by atoms with Crippen molar-refractivity contribution < 1.29 is 10.0 Å². The summed E-state index contributed by atoms with van der Waals surface area (Å²) in [6.07, 6.45) is -0.131. The molecule has 0 bridgehead atoms. The summed E-state index contributed by atoms with van der Waals surface area (Å²) < 4.78 is 0. The van der Waals surface area contributed by atoms with E-state index in [4.69, 9.17) is 10.9 Å². The van der Waals surface area contributed by atoms with Gasteiger partial charge in [-0.05, 0) is 38.1 Å². The van der Waals surface area contributed by atoms with E-state index in [0.717, 1.165) is 18.8 Å². The average Bonchev–Trinajstić information content (AvgIpc) is 2.41. The Kier molecular flexibility index (Phi) is 5.66. The van der Waals surface area contributed by atoms with Gasteiger partial charge in [-0.15, -0.1) is 0 Å². The Labute approximate surface area is 112 Å². The van der Waals surface area contributed by atoms with Gasteiger partial charge in [-0.1, -0.05) is 5.16 Å². The van der Waals surface area contributed by atoms with Crippen LogP contribution in [0.5, 0.6) is 0 Å². The van der Waals surface area contributed by atoms with Crippen molar-refractivity contribution in [2.45, 2.75) is 20.3 Å². The van der Waals surface area contributed by atoms with Crippen molar-refractivity contribution >= 4 is 23.1 Å². The number of hydrogen-bond acceptors (Lipinski definition) is 4. The summed E-state index contributed by atoms with van der Waals surface area (Å²) in [7, 11) is 0. The van der Waals surface area contributed by atoms with Crippen LogP contribution in [0.4, 0.5) is 11.4 Å². The molecule has 4 N–H and O–H groups in total. The second-order valence-electron chi connectivity index (χ2n) is 4.04. The van der Waals surface area contributed by atoms with Gasteiger partial charge in [-0.2, -0.15) is 0 Å². The van der Waals surface area contributed by atoms with Gasteiger partial charge in [0.05, 0.1) is 6.42 Å². The lowest BCUT2D eigenvalue weighted by Gasteiger charge is -2.21. The molecule has 1 amide bonds. The van der Waals surface area contributed by atoms with Crippen LogP contribution in [0.25, 0.3) is 0 Å². The number of hydrogen-bond donors (Lipinski definition) is 3. The van der Waals surface area contributed by atoms with E-state index in [1.54, 1.807) is 0 Å². The van der Waals surface area contributed by atoms with Gasteiger partial charge in [0, 0.05) is 24.5 Å². The monoisotopic (exact) mass is 264 g/mol. The summed E-state index contributed by atoms with van der Waals surface area (Å²) in [6, 6.07) is 7.56. The van der Waals surface area contributed by atoms with Gasteiger partial charge in [0.2, 0.25) is 5.91 Å². The molecule has 1 aromatic rings. The van der Waals surface area contributed by atoms with Crippen molar-refractivity contribution in [2.75, 3.05) is 23.3 Å². The molecule has 0 aromatic heterocycles. The summed E-state index contributed by atoms with van der Waals surface area (Å²) in [5.74, 6) is -0.428. The third-order valence-electron chi connectivity index (χ3n) is 2.75.